The molecule has 2 N–H and O–H groups in total. The van der Waals surface area contributed by atoms with Crippen LogP contribution in [0.2, 0.25) is 0 Å². The van der Waals surface area contributed by atoms with Gasteiger partial charge in [-0.2, -0.15) is 0 Å². The molecule has 0 spiro atoms. The molecule has 3 aromatic carbocycles. The van der Waals surface area contributed by atoms with Crippen LogP contribution in [0.25, 0.3) is 32.7 Å². The van der Waals surface area contributed by atoms with Crippen LogP contribution in [0, 0.1) is 23.7 Å². The van der Waals surface area contributed by atoms with Crippen LogP contribution in [0.1, 0.15) is 22.6 Å². The van der Waals surface area contributed by atoms with E-state index in [0.29, 0.717) is 5.69 Å². The van der Waals surface area contributed by atoms with Crippen molar-refractivity contribution in [2.75, 3.05) is 0 Å². The van der Waals surface area contributed by atoms with Crippen LogP contribution in [-0.4, -0.2) is 20.2 Å². The van der Waals surface area contributed by atoms with Gasteiger partial charge in [0.15, 0.2) is 5.69 Å². The van der Waals surface area contributed by atoms with Gasteiger partial charge < -0.3 is 9.97 Å². The molecule has 4 nitrogen and oxygen atoms in total. The fourth-order valence-corrected chi connectivity index (χ4v) is 3.81. The Morgan fingerprint density at radius 2 is 1.16 bits per heavy atom. The van der Waals surface area contributed by atoms with Gasteiger partial charge in [0.1, 0.15) is 0 Å². The van der Waals surface area contributed by atoms with Crippen LogP contribution in [0.15, 0.2) is 84.9 Å². The third-order valence-corrected chi connectivity index (χ3v) is 5.37. The molecule has 4 heteroatoms. The number of para-hydroxylation sites is 2. The number of benzene rings is 3. The van der Waals surface area contributed by atoms with Gasteiger partial charge >= 0.3 is 0 Å². The van der Waals surface area contributed by atoms with Gasteiger partial charge in [-0.3, -0.25) is 0 Å². The molecule has 3 aromatic heterocycles. The van der Waals surface area contributed by atoms with Gasteiger partial charge in [-0.05, 0) is 48.1 Å². The third kappa shape index (κ3) is 3.27. The number of nitrogens with one attached hydrogen (secondary N) is 2. The van der Waals surface area contributed by atoms with Crippen molar-refractivity contribution in [2.24, 2.45) is 0 Å². The minimum atomic E-state index is 0.561. The van der Waals surface area contributed by atoms with E-state index in [0.717, 1.165) is 49.7 Å². The Kier molecular flexibility index (Phi) is 4.20. The average Bonchev–Trinajstić information content (AvgIpc) is 3.44. The predicted molar refractivity (Wildman–Crippen MR) is 128 cm³/mol. The topological polar surface area (TPSA) is 57.4 Å². The van der Waals surface area contributed by atoms with E-state index in [4.69, 9.17) is 0 Å². The molecular weight excluding hydrogens is 392 g/mol. The van der Waals surface area contributed by atoms with Gasteiger partial charge in [-0.15, -0.1) is 10.2 Å². The van der Waals surface area contributed by atoms with E-state index in [-0.39, 0.29) is 0 Å². The normalized spacial score (nSPS) is 10.6. The summed E-state index contributed by atoms with van der Waals surface area (Å²) in [6, 6.07) is 28.2. The minimum absolute atomic E-state index is 0.561. The van der Waals surface area contributed by atoms with Crippen molar-refractivity contribution in [1.82, 2.24) is 20.2 Å². The van der Waals surface area contributed by atoms with Crippen molar-refractivity contribution in [1.29, 1.82) is 0 Å². The number of H-pyrrole nitrogens is 2. The molecule has 0 unspecified atom stereocenters. The van der Waals surface area contributed by atoms with Crippen LogP contribution in [0.3, 0.4) is 0 Å². The standard InChI is InChI=1S/C28H16N4/c1-4-10-25-19(7-1)17-21(29-25)13-15-24-23-9-3-6-12-27(23)31-32-28(24)16-14-22-18-20-8-2-5-11-26(20)30-22/h1-12,17-18,29-30H. The second-order valence-electron chi connectivity index (χ2n) is 7.48. The molecule has 6 rings (SSSR count). The Morgan fingerprint density at radius 1 is 0.562 bits per heavy atom. The molecular formula is C28H16N4. The third-order valence-electron chi connectivity index (χ3n) is 5.37. The van der Waals surface area contributed by atoms with Crippen molar-refractivity contribution >= 4 is 32.7 Å². The molecule has 0 bridgehead atoms. The Morgan fingerprint density at radius 3 is 1.84 bits per heavy atom. The predicted octanol–water partition coefficient (Wildman–Crippen LogP) is 5.39. The fraction of sp³-hybridized carbons (Fsp3) is 0. The van der Waals surface area contributed by atoms with Crippen LogP contribution in [-0.2, 0) is 0 Å². The van der Waals surface area contributed by atoms with Gasteiger partial charge in [0.05, 0.1) is 22.5 Å². The maximum atomic E-state index is 4.38. The SMILES string of the molecule is C(#Cc1nnc2ccccc2c1C#Cc1cc2ccccc2[nH]1)c1cc2ccccc2[nH]1. The van der Waals surface area contributed by atoms with E-state index in [9.17, 15) is 0 Å². The lowest BCUT2D eigenvalue weighted by Gasteiger charge is -2.01. The first-order valence-electron chi connectivity index (χ1n) is 10.3. The molecule has 0 aliphatic rings. The van der Waals surface area contributed by atoms with Crippen molar-refractivity contribution in [2.45, 2.75) is 0 Å². The molecule has 148 valence electrons. The zero-order valence-electron chi connectivity index (χ0n) is 17.0. The smallest absolute Gasteiger partial charge is 0.152 e. The molecule has 0 aliphatic heterocycles. The second kappa shape index (κ2) is 7.47. The summed E-state index contributed by atoms with van der Waals surface area (Å²) in [7, 11) is 0. The zero-order valence-corrected chi connectivity index (χ0v) is 17.0. The van der Waals surface area contributed by atoms with Crippen molar-refractivity contribution in [3.8, 4) is 23.7 Å². The summed E-state index contributed by atoms with van der Waals surface area (Å²) in [6.45, 7) is 0. The number of rotatable bonds is 0. The minimum Gasteiger partial charge on any atom is -0.348 e. The summed E-state index contributed by atoms with van der Waals surface area (Å²) in [5, 5.41) is 11.9. The number of aromatic amines is 2. The largest absolute Gasteiger partial charge is 0.348 e. The monoisotopic (exact) mass is 408 g/mol. The molecule has 0 aliphatic carbocycles. The summed E-state index contributed by atoms with van der Waals surface area (Å²) in [4.78, 5) is 6.69. The summed E-state index contributed by atoms with van der Waals surface area (Å²) in [5.74, 6) is 12.9. The van der Waals surface area contributed by atoms with E-state index < -0.39 is 0 Å². The van der Waals surface area contributed by atoms with Crippen molar-refractivity contribution < 1.29 is 0 Å². The Balaban J connectivity index is 1.47. The van der Waals surface area contributed by atoms with Crippen LogP contribution >= 0.6 is 0 Å². The lowest BCUT2D eigenvalue weighted by Crippen LogP contribution is -1.95. The maximum absolute atomic E-state index is 4.38. The number of hydrogen-bond acceptors (Lipinski definition) is 2. The highest BCUT2D eigenvalue weighted by atomic mass is 15.1. The van der Waals surface area contributed by atoms with E-state index in [2.05, 4.69) is 62.0 Å². The summed E-state index contributed by atoms with van der Waals surface area (Å²) < 4.78 is 0. The van der Waals surface area contributed by atoms with Crippen LogP contribution < -0.4 is 0 Å². The first-order valence-corrected chi connectivity index (χ1v) is 10.3. The molecule has 0 saturated carbocycles. The summed E-state index contributed by atoms with van der Waals surface area (Å²) in [6.07, 6.45) is 0. The first-order chi connectivity index (χ1) is 15.8. The van der Waals surface area contributed by atoms with Gasteiger partial charge in [-0.1, -0.05) is 60.5 Å². The molecule has 0 amide bonds. The fourth-order valence-electron chi connectivity index (χ4n) is 3.81. The molecule has 0 saturated heterocycles. The number of fused-ring (bicyclic) bond motifs is 3. The van der Waals surface area contributed by atoms with Crippen LogP contribution in [0.5, 0.6) is 0 Å². The molecule has 6 aromatic rings. The lowest BCUT2D eigenvalue weighted by molar-refractivity contribution is 1.05. The van der Waals surface area contributed by atoms with Gasteiger partial charge in [-0.25, -0.2) is 0 Å². The van der Waals surface area contributed by atoms with E-state index in [1.807, 2.05) is 66.7 Å². The molecule has 0 atom stereocenters. The maximum Gasteiger partial charge on any atom is 0.152 e. The van der Waals surface area contributed by atoms with Crippen molar-refractivity contribution in [3.05, 3.63) is 108 Å². The Labute approximate surface area is 184 Å². The van der Waals surface area contributed by atoms with Crippen molar-refractivity contribution in [3.63, 3.8) is 0 Å². The highest BCUT2D eigenvalue weighted by Crippen LogP contribution is 2.19. The van der Waals surface area contributed by atoms with E-state index in [1.54, 1.807) is 0 Å². The van der Waals surface area contributed by atoms with Gasteiger partial charge in [0.2, 0.25) is 0 Å². The number of aromatic nitrogens is 4. The molecule has 32 heavy (non-hydrogen) atoms. The van der Waals surface area contributed by atoms with Gasteiger partial charge in [0.25, 0.3) is 0 Å². The highest BCUT2D eigenvalue weighted by Gasteiger charge is 2.07. The Hall–Kier alpha value is -4.80. The zero-order chi connectivity index (χ0) is 21.3. The Bertz CT molecular complexity index is 1680. The molecule has 3 heterocycles. The number of hydrogen-bond donors (Lipinski definition) is 2. The quantitative estimate of drug-likeness (QED) is 0.331. The van der Waals surface area contributed by atoms with E-state index in [1.165, 1.54) is 0 Å². The van der Waals surface area contributed by atoms with Gasteiger partial charge in [0, 0.05) is 27.2 Å². The molecule has 0 radical (unpaired) electrons. The first kappa shape index (κ1) is 18.0. The number of nitrogens with zero attached hydrogens (tertiary/aromatic N) is 2. The average molecular weight is 408 g/mol. The summed E-state index contributed by atoms with van der Waals surface area (Å²) in [5.41, 5.74) is 5.93. The lowest BCUT2D eigenvalue weighted by atomic mass is 10.1. The molecule has 0 fully saturated rings. The second-order valence-corrected chi connectivity index (χ2v) is 7.48. The van der Waals surface area contributed by atoms with E-state index >= 15 is 0 Å². The summed E-state index contributed by atoms with van der Waals surface area (Å²) >= 11 is 0. The van der Waals surface area contributed by atoms with Crippen LogP contribution in [0.4, 0.5) is 0 Å². The highest BCUT2D eigenvalue weighted by molar-refractivity contribution is 5.87.